The molecule has 2 aromatic carbocycles. The number of benzene rings is 2. The molecule has 0 aliphatic carbocycles. The largest absolute Gasteiger partial charge is 0.396 e. The maximum absolute atomic E-state index is 13.3. The van der Waals surface area contributed by atoms with E-state index in [0.717, 1.165) is 6.07 Å². The van der Waals surface area contributed by atoms with Gasteiger partial charge in [0.2, 0.25) is 0 Å². The number of hydrogen-bond donors (Lipinski definition) is 2. The van der Waals surface area contributed by atoms with E-state index in [1.54, 1.807) is 12.1 Å². The molecule has 106 valence electrons. The van der Waals surface area contributed by atoms with Crippen LogP contribution in [0.2, 0.25) is 5.02 Å². The lowest BCUT2D eigenvalue weighted by Gasteiger charge is -2.11. The van der Waals surface area contributed by atoms with Crippen molar-refractivity contribution in [1.29, 1.82) is 0 Å². The molecule has 0 aliphatic rings. The van der Waals surface area contributed by atoms with E-state index in [2.05, 4.69) is 20.7 Å². The number of anilines is 2. The van der Waals surface area contributed by atoms with Gasteiger partial charge in [-0.25, -0.2) is 12.8 Å². The molecule has 0 aromatic heterocycles. The van der Waals surface area contributed by atoms with Crippen LogP contribution in [0.5, 0.6) is 0 Å². The van der Waals surface area contributed by atoms with Crippen LogP contribution in [-0.4, -0.2) is 8.42 Å². The van der Waals surface area contributed by atoms with Gasteiger partial charge >= 0.3 is 0 Å². The van der Waals surface area contributed by atoms with Crippen molar-refractivity contribution in [2.75, 3.05) is 10.5 Å². The van der Waals surface area contributed by atoms with E-state index >= 15 is 0 Å². The Kier molecular flexibility index (Phi) is 4.22. The van der Waals surface area contributed by atoms with E-state index in [0.29, 0.717) is 9.50 Å². The average Bonchev–Trinajstić information content (AvgIpc) is 2.38. The van der Waals surface area contributed by atoms with Crippen LogP contribution >= 0.6 is 27.5 Å². The maximum atomic E-state index is 13.3. The summed E-state index contributed by atoms with van der Waals surface area (Å²) in [7, 11) is -3.93. The molecule has 20 heavy (non-hydrogen) atoms. The molecule has 8 heteroatoms. The van der Waals surface area contributed by atoms with Crippen molar-refractivity contribution in [3.05, 3.63) is 51.7 Å². The lowest BCUT2D eigenvalue weighted by atomic mass is 10.3. The zero-order chi connectivity index (χ0) is 14.9. The molecule has 0 saturated heterocycles. The Labute approximate surface area is 128 Å². The van der Waals surface area contributed by atoms with E-state index in [1.807, 2.05) is 0 Å². The van der Waals surface area contributed by atoms with Crippen LogP contribution in [0.25, 0.3) is 0 Å². The molecule has 0 saturated carbocycles. The van der Waals surface area contributed by atoms with Gasteiger partial charge in [-0.05, 0) is 46.3 Å². The highest BCUT2D eigenvalue weighted by atomic mass is 79.9. The number of nitrogen functional groups attached to an aromatic ring is 1. The summed E-state index contributed by atoms with van der Waals surface area (Å²) < 4.78 is 40.4. The Hall–Kier alpha value is -1.31. The predicted molar refractivity (Wildman–Crippen MR) is 80.8 cm³/mol. The van der Waals surface area contributed by atoms with Crippen LogP contribution in [0.15, 0.2) is 45.8 Å². The molecule has 0 fully saturated rings. The van der Waals surface area contributed by atoms with Gasteiger partial charge in [0.1, 0.15) is 5.82 Å². The Morgan fingerprint density at radius 2 is 1.95 bits per heavy atom. The van der Waals surface area contributed by atoms with Gasteiger partial charge in [0.05, 0.1) is 25.8 Å². The highest BCUT2D eigenvalue weighted by Crippen LogP contribution is 2.31. The van der Waals surface area contributed by atoms with Crippen molar-refractivity contribution < 1.29 is 12.8 Å². The summed E-state index contributed by atoms with van der Waals surface area (Å²) in [6.07, 6.45) is 0. The topological polar surface area (TPSA) is 72.2 Å². The lowest BCUT2D eigenvalue weighted by molar-refractivity contribution is 0.596. The zero-order valence-corrected chi connectivity index (χ0v) is 13.1. The minimum atomic E-state index is -3.93. The van der Waals surface area contributed by atoms with Crippen molar-refractivity contribution in [2.24, 2.45) is 0 Å². The second-order valence-electron chi connectivity index (χ2n) is 3.89. The fourth-order valence-electron chi connectivity index (χ4n) is 1.46. The van der Waals surface area contributed by atoms with Crippen molar-refractivity contribution in [3.63, 3.8) is 0 Å². The first-order chi connectivity index (χ1) is 9.31. The normalized spacial score (nSPS) is 11.3. The smallest absolute Gasteiger partial charge is 0.262 e. The standard InChI is InChI=1S/C12H9BrClFN2O2S/c13-12-8(14)2-1-3-11(12)17-20(18,19)7-4-5-10(16)9(15)6-7/h1-6,17H,16H2. The first-order valence-electron chi connectivity index (χ1n) is 5.33. The van der Waals surface area contributed by atoms with Crippen LogP contribution in [-0.2, 0) is 10.0 Å². The van der Waals surface area contributed by atoms with E-state index in [1.165, 1.54) is 18.2 Å². The molecule has 4 nitrogen and oxygen atoms in total. The number of halogens is 3. The van der Waals surface area contributed by atoms with E-state index < -0.39 is 15.8 Å². The Morgan fingerprint density at radius 3 is 2.60 bits per heavy atom. The molecule has 0 spiro atoms. The molecular formula is C12H9BrClFN2O2S. The molecular weight excluding hydrogens is 371 g/mol. The van der Waals surface area contributed by atoms with Gasteiger partial charge in [0.25, 0.3) is 10.0 Å². The van der Waals surface area contributed by atoms with Crippen molar-refractivity contribution in [1.82, 2.24) is 0 Å². The summed E-state index contributed by atoms with van der Waals surface area (Å²) in [5.74, 6) is -0.793. The molecule has 0 bridgehead atoms. The summed E-state index contributed by atoms with van der Waals surface area (Å²) in [6, 6.07) is 7.99. The summed E-state index contributed by atoms with van der Waals surface area (Å²) in [5, 5.41) is 0.355. The maximum Gasteiger partial charge on any atom is 0.262 e. The predicted octanol–water partition coefficient (Wildman–Crippen LogP) is 3.62. The third kappa shape index (κ3) is 3.05. The number of sulfonamides is 1. The van der Waals surface area contributed by atoms with Crippen molar-refractivity contribution >= 4 is 48.9 Å². The molecule has 0 unspecified atom stereocenters. The molecule has 2 aromatic rings. The number of nitrogens with one attached hydrogen (secondary N) is 1. The van der Waals surface area contributed by atoms with Crippen LogP contribution in [0.3, 0.4) is 0 Å². The molecule has 0 heterocycles. The van der Waals surface area contributed by atoms with E-state index in [4.69, 9.17) is 17.3 Å². The number of nitrogens with two attached hydrogens (primary N) is 1. The minimum absolute atomic E-state index is 0.118. The second-order valence-corrected chi connectivity index (χ2v) is 6.77. The number of hydrogen-bond acceptors (Lipinski definition) is 3. The van der Waals surface area contributed by atoms with E-state index in [-0.39, 0.29) is 16.3 Å². The SMILES string of the molecule is Nc1ccc(S(=O)(=O)Nc2cccc(Cl)c2Br)cc1F. The van der Waals surface area contributed by atoms with Crippen LogP contribution < -0.4 is 10.5 Å². The Morgan fingerprint density at radius 1 is 1.25 bits per heavy atom. The summed E-state index contributed by atoms with van der Waals surface area (Å²) >= 11 is 9.05. The summed E-state index contributed by atoms with van der Waals surface area (Å²) in [5.41, 5.74) is 5.45. The molecule has 3 N–H and O–H groups in total. The van der Waals surface area contributed by atoms with Gasteiger partial charge in [-0.1, -0.05) is 17.7 Å². The van der Waals surface area contributed by atoms with Gasteiger partial charge in [-0.3, -0.25) is 4.72 Å². The van der Waals surface area contributed by atoms with Gasteiger partial charge in [0.15, 0.2) is 0 Å². The molecule has 0 aliphatic heterocycles. The quantitative estimate of drug-likeness (QED) is 0.800. The fourth-order valence-corrected chi connectivity index (χ4v) is 3.21. The van der Waals surface area contributed by atoms with Gasteiger partial charge < -0.3 is 5.73 Å². The molecule has 0 radical (unpaired) electrons. The average molecular weight is 380 g/mol. The van der Waals surface area contributed by atoms with Crippen LogP contribution in [0.1, 0.15) is 0 Å². The highest BCUT2D eigenvalue weighted by molar-refractivity contribution is 9.10. The second kappa shape index (κ2) is 5.59. The third-order valence-electron chi connectivity index (χ3n) is 2.48. The van der Waals surface area contributed by atoms with Crippen molar-refractivity contribution in [3.8, 4) is 0 Å². The zero-order valence-electron chi connectivity index (χ0n) is 9.90. The summed E-state index contributed by atoms with van der Waals surface area (Å²) in [6.45, 7) is 0. The highest BCUT2D eigenvalue weighted by Gasteiger charge is 2.17. The molecule has 2 rings (SSSR count). The first-order valence-corrected chi connectivity index (χ1v) is 7.98. The minimum Gasteiger partial charge on any atom is -0.396 e. The lowest BCUT2D eigenvalue weighted by Crippen LogP contribution is -2.13. The monoisotopic (exact) mass is 378 g/mol. The van der Waals surface area contributed by atoms with Crippen molar-refractivity contribution in [2.45, 2.75) is 4.90 Å². The van der Waals surface area contributed by atoms with E-state index in [9.17, 15) is 12.8 Å². The first kappa shape index (κ1) is 15.1. The summed E-state index contributed by atoms with van der Waals surface area (Å²) in [4.78, 5) is -0.226. The Bertz CT molecular complexity index is 768. The molecule has 0 amide bonds. The van der Waals surface area contributed by atoms with Crippen LogP contribution in [0, 0.1) is 5.82 Å². The number of rotatable bonds is 3. The Balaban J connectivity index is 2.41. The molecule has 0 atom stereocenters. The van der Waals surface area contributed by atoms with Gasteiger partial charge in [-0.2, -0.15) is 0 Å². The van der Waals surface area contributed by atoms with Gasteiger partial charge in [-0.15, -0.1) is 0 Å². The fraction of sp³-hybridized carbons (Fsp3) is 0. The van der Waals surface area contributed by atoms with Gasteiger partial charge in [0, 0.05) is 0 Å². The third-order valence-corrected chi connectivity index (χ3v) is 5.24. The van der Waals surface area contributed by atoms with Crippen LogP contribution in [0.4, 0.5) is 15.8 Å².